The van der Waals surface area contributed by atoms with Crippen molar-refractivity contribution in [2.75, 3.05) is 11.9 Å². The van der Waals surface area contributed by atoms with Gasteiger partial charge in [-0.15, -0.1) is 0 Å². The number of benzene rings is 1. The topological polar surface area (TPSA) is 87.4 Å². The number of rotatable bonds is 6. The average molecular weight is 329 g/mol. The summed E-state index contributed by atoms with van der Waals surface area (Å²) in [6.45, 7) is 4.15. The molecule has 6 heteroatoms. The first-order valence-corrected chi connectivity index (χ1v) is 8.29. The molecule has 0 bridgehead atoms. The first-order chi connectivity index (χ1) is 11.6. The van der Waals surface area contributed by atoms with Crippen molar-refractivity contribution >= 4 is 11.7 Å². The molecule has 3 rings (SSSR count). The fraction of sp³-hybridized carbons (Fsp3) is 0.444. The predicted molar refractivity (Wildman–Crippen MR) is 90.7 cm³/mol. The zero-order chi connectivity index (χ0) is 17.2. The van der Waals surface area contributed by atoms with Crippen molar-refractivity contribution in [1.82, 2.24) is 10.5 Å². The number of aliphatic hydroxyl groups is 1. The number of aliphatic hydroxyl groups excluding tert-OH is 1. The van der Waals surface area contributed by atoms with Crippen LogP contribution >= 0.6 is 0 Å². The lowest BCUT2D eigenvalue weighted by molar-refractivity contribution is 0.0936. The molecular formula is C18H23N3O3. The summed E-state index contributed by atoms with van der Waals surface area (Å²) in [6, 6.07) is 9.28. The van der Waals surface area contributed by atoms with E-state index in [9.17, 15) is 9.90 Å². The molecule has 0 spiro atoms. The second-order valence-corrected chi connectivity index (χ2v) is 6.40. The number of nitrogens with zero attached hydrogens (tertiary/aromatic N) is 1. The molecule has 2 amide bonds. The Hall–Kier alpha value is -2.34. The maximum atomic E-state index is 12.2. The molecule has 1 aliphatic rings. The van der Waals surface area contributed by atoms with Crippen LogP contribution in [0.5, 0.6) is 0 Å². The molecule has 1 atom stereocenters. The van der Waals surface area contributed by atoms with Gasteiger partial charge in [-0.25, -0.2) is 4.79 Å². The lowest BCUT2D eigenvalue weighted by atomic mass is 9.93. The fourth-order valence-corrected chi connectivity index (χ4v) is 2.93. The van der Waals surface area contributed by atoms with Crippen molar-refractivity contribution in [2.45, 2.75) is 39.2 Å². The van der Waals surface area contributed by atoms with Crippen LogP contribution in [-0.2, 0) is 6.42 Å². The average Bonchev–Trinajstić information content (AvgIpc) is 3.33. The Morgan fingerprint density at radius 3 is 2.71 bits per heavy atom. The molecule has 1 heterocycles. The van der Waals surface area contributed by atoms with E-state index in [2.05, 4.69) is 15.8 Å². The molecule has 3 N–H and O–H groups in total. The zero-order valence-corrected chi connectivity index (χ0v) is 14.0. The van der Waals surface area contributed by atoms with Crippen LogP contribution in [0, 0.1) is 12.3 Å². The number of hydrogen-bond acceptors (Lipinski definition) is 4. The largest absolute Gasteiger partial charge is 0.388 e. The number of nitrogens with one attached hydrogen (secondary N) is 2. The number of urea groups is 1. The second kappa shape index (κ2) is 6.65. The number of hydrogen-bond donors (Lipinski definition) is 3. The molecule has 1 unspecified atom stereocenters. The Morgan fingerprint density at radius 2 is 2.08 bits per heavy atom. The summed E-state index contributed by atoms with van der Waals surface area (Å²) in [5.74, 6) is 0.590. The van der Waals surface area contributed by atoms with E-state index in [1.807, 2.05) is 37.3 Å². The highest BCUT2D eigenvalue weighted by Gasteiger charge is 2.49. The third kappa shape index (κ3) is 3.28. The van der Waals surface area contributed by atoms with Crippen LogP contribution in [0.2, 0.25) is 0 Å². The summed E-state index contributed by atoms with van der Waals surface area (Å²) in [7, 11) is 0. The lowest BCUT2D eigenvalue weighted by Crippen LogP contribution is -2.36. The molecule has 1 fully saturated rings. The summed E-state index contributed by atoms with van der Waals surface area (Å²) in [5.41, 5.74) is 1.98. The summed E-state index contributed by atoms with van der Waals surface area (Å²) in [4.78, 5) is 12.2. The van der Waals surface area contributed by atoms with Gasteiger partial charge in [0.05, 0.1) is 6.10 Å². The Kier molecular flexibility index (Phi) is 4.57. The van der Waals surface area contributed by atoms with Gasteiger partial charge in [0.15, 0.2) is 5.76 Å². The third-order valence-corrected chi connectivity index (χ3v) is 4.70. The summed E-state index contributed by atoms with van der Waals surface area (Å²) in [6.07, 6.45) is 1.91. The molecule has 0 aliphatic heterocycles. The second-order valence-electron chi connectivity index (χ2n) is 6.40. The number of aryl methyl sites for hydroxylation is 2. The molecule has 1 saturated carbocycles. The molecular weight excluding hydrogens is 306 g/mol. The van der Waals surface area contributed by atoms with Gasteiger partial charge in [-0.05, 0) is 31.7 Å². The zero-order valence-electron chi connectivity index (χ0n) is 14.0. The van der Waals surface area contributed by atoms with E-state index in [1.165, 1.54) is 0 Å². The van der Waals surface area contributed by atoms with Crippen molar-refractivity contribution in [3.63, 3.8) is 0 Å². The van der Waals surface area contributed by atoms with E-state index in [1.54, 1.807) is 6.92 Å². The smallest absolute Gasteiger partial charge is 0.319 e. The monoisotopic (exact) mass is 329 g/mol. The van der Waals surface area contributed by atoms with E-state index >= 15 is 0 Å². The highest BCUT2D eigenvalue weighted by atomic mass is 16.5. The minimum Gasteiger partial charge on any atom is -0.388 e. The summed E-state index contributed by atoms with van der Waals surface area (Å²) in [5, 5.41) is 20.2. The van der Waals surface area contributed by atoms with Crippen LogP contribution in [-0.4, -0.2) is 22.8 Å². The van der Waals surface area contributed by atoms with Crippen LogP contribution in [0.4, 0.5) is 10.5 Å². The van der Waals surface area contributed by atoms with Gasteiger partial charge in [-0.2, -0.15) is 0 Å². The van der Waals surface area contributed by atoms with Gasteiger partial charge in [0, 0.05) is 12.0 Å². The fourth-order valence-electron chi connectivity index (χ4n) is 2.93. The number of aromatic nitrogens is 1. The Labute approximate surface area is 141 Å². The normalized spacial score (nSPS) is 16.5. The molecule has 2 aromatic rings. The van der Waals surface area contributed by atoms with Gasteiger partial charge in [0.25, 0.3) is 0 Å². The number of carbonyl (C=O) groups excluding carboxylic acids is 1. The quantitative estimate of drug-likeness (QED) is 0.759. The van der Waals surface area contributed by atoms with E-state index in [0.717, 1.165) is 24.1 Å². The Balaban J connectivity index is 1.59. The van der Waals surface area contributed by atoms with Crippen LogP contribution < -0.4 is 10.6 Å². The number of amides is 2. The maximum Gasteiger partial charge on any atom is 0.319 e. The Bertz CT molecular complexity index is 708. The molecule has 6 nitrogen and oxygen atoms in total. The molecule has 1 aromatic heterocycles. The minimum atomic E-state index is -0.567. The maximum absolute atomic E-state index is 12.2. The van der Waals surface area contributed by atoms with Crippen molar-refractivity contribution in [3.8, 4) is 0 Å². The molecule has 0 saturated heterocycles. The van der Waals surface area contributed by atoms with Gasteiger partial charge in [-0.1, -0.05) is 42.4 Å². The summed E-state index contributed by atoms with van der Waals surface area (Å²) < 4.78 is 5.11. The molecule has 1 aliphatic carbocycles. The van der Waals surface area contributed by atoms with Gasteiger partial charge >= 0.3 is 6.03 Å². The summed E-state index contributed by atoms with van der Waals surface area (Å²) >= 11 is 0. The van der Waals surface area contributed by atoms with Crippen LogP contribution in [0.1, 0.15) is 42.9 Å². The van der Waals surface area contributed by atoms with E-state index < -0.39 is 6.10 Å². The number of carbonyl (C=O) groups is 1. The van der Waals surface area contributed by atoms with Gasteiger partial charge in [0.2, 0.25) is 0 Å². The van der Waals surface area contributed by atoms with Gasteiger partial charge in [0.1, 0.15) is 11.4 Å². The van der Waals surface area contributed by atoms with Crippen molar-refractivity contribution in [3.05, 3.63) is 47.3 Å². The predicted octanol–water partition coefficient (Wildman–Crippen LogP) is 3.18. The highest BCUT2D eigenvalue weighted by Crippen LogP contribution is 2.54. The molecule has 1 aromatic carbocycles. The van der Waals surface area contributed by atoms with Gasteiger partial charge in [-0.3, -0.25) is 0 Å². The van der Waals surface area contributed by atoms with Gasteiger partial charge < -0.3 is 20.3 Å². The van der Waals surface area contributed by atoms with E-state index in [-0.39, 0.29) is 11.4 Å². The third-order valence-electron chi connectivity index (χ3n) is 4.70. The lowest BCUT2D eigenvalue weighted by Gasteiger charge is -2.23. The van der Waals surface area contributed by atoms with Crippen LogP contribution in [0.3, 0.4) is 0 Å². The van der Waals surface area contributed by atoms with Crippen molar-refractivity contribution < 1.29 is 14.4 Å². The molecule has 0 radical (unpaired) electrons. The van der Waals surface area contributed by atoms with Crippen molar-refractivity contribution in [2.24, 2.45) is 5.41 Å². The molecule has 128 valence electrons. The number of anilines is 1. The van der Waals surface area contributed by atoms with E-state index in [0.29, 0.717) is 24.4 Å². The minimum absolute atomic E-state index is 0.268. The van der Waals surface area contributed by atoms with Crippen LogP contribution in [0.15, 0.2) is 34.9 Å². The highest BCUT2D eigenvalue weighted by molar-refractivity contribution is 5.90. The van der Waals surface area contributed by atoms with Crippen molar-refractivity contribution in [1.29, 1.82) is 0 Å². The SMILES string of the molecule is CCc1noc(C)c1NC(=O)NCC1(C(O)c2ccccc2)CC1. The Morgan fingerprint density at radius 1 is 1.38 bits per heavy atom. The first-order valence-electron chi connectivity index (χ1n) is 8.29. The first kappa shape index (κ1) is 16.5. The van der Waals surface area contributed by atoms with E-state index in [4.69, 9.17) is 4.52 Å². The van der Waals surface area contributed by atoms with Crippen LogP contribution in [0.25, 0.3) is 0 Å². The standard InChI is InChI=1S/C18H23N3O3/c1-3-14-15(12(2)24-21-14)20-17(23)19-11-18(9-10-18)16(22)13-7-5-4-6-8-13/h4-8,16,22H,3,9-11H2,1-2H3,(H2,19,20,23). The molecule has 24 heavy (non-hydrogen) atoms.